The van der Waals surface area contributed by atoms with Crippen molar-refractivity contribution in [2.45, 2.75) is 0 Å². The molecule has 5 heteroatoms. The second kappa shape index (κ2) is 5.30. The van der Waals surface area contributed by atoms with Gasteiger partial charge in [-0.05, 0) is 36.4 Å². The lowest BCUT2D eigenvalue weighted by Crippen LogP contribution is -2.12. The third-order valence-corrected chi connectivity index (χ3v) is 2.62. The number of carbonyl (C=O) groups excluding carboxylic acids is 1. The number of hydrogen-bond acceptors (Lipinski definition) is 4. The number of phenols is 1. The molecule has 0 atom stereocenters. The number of nitrogens with one attached hydrogen (secondary N) is 1. The lowest BCUT2D eigenvalue weighted by Gasteiger charge is -2.08. The van der Waals surface area contributed by atoms with Gasteiger partial charge in [-0.15, -0.1) is 0 Å². The van der Waals surface area contributed by atoms with Gasteiger partial charge in [0.25, 0.3) is 5.91 Å². The number of phenolic OH excluding ortho intramolecular Hbond substituents is 1. The molecular formula is C14H14N2O3. The summed E-state index contributed by atoms with van der Waals surface area (Å²) in [6.07, 6.45) is 0. The van der Waals surface area contributed by atoms with Crippen LogP contribution in [-0.4, -0.2) is 18.1 Å². The Balaban J connectivity index is 2.18. The second-order valence-corrected chi connectivity index (χ2v) is 3.96. The van der Waals surface area contributed by atoms with Crippen LogP contribution >= 0.6 is 0 Å². The Morgan fingerprint density at radius 3 is 2.47 bits per heavy atom. The SMILES string of the molecule is COc1ccc(C(=O)Nc2ccc(N)cc2)c(O)c1. The Morgan fingerprint density at radius 2 is 1.89 bits per heavy atom. The average molecular weight is 258 g/mol. The number of benzene rings is 2. The van der Waals surface area contributed by atoms with Crippen LogP contribution in [-0.2, 0) is 0 Å². The summed E-state index contributed by atoms with van der Waals surface area (Å²) in [5.74, 6) is -0.0428. The highest BCUT2D eigenvalue weighted by atomic mass is 16.5. The summed E-state index contributed by atoms with van der Waals surface area (Å²) in [4.78, 5) is 12.0. The molecule has 2 aromatic carbocycles. The molecule has 0 radical (unpaired) electrons. The van der Waals surface area contributed by atoms with Crippen LogP contribution in [0.4, 0.5) is 11.4 Å². The molecule has 0 unspecified atom stereocenters. The molecule has 0 saturated heterocycles. The fourth-order valence-electron chi connectivity index (χ4n) is 1.60. The number of ether oxygens (including phenoxy) is 1. The van der Waals surface area contributed by atoms with Gasteiger partial charge in [-0.3, -0.25) is 4.79 Å². The molecule has 98 valence electrons. The number of hydrogen-bond donors (Lipinski definition) is 3. The van der Waals surface area contributed by atoms with Crippen LogP contribution in [0.25, 0.3) is 0 Å². The minimum absolute atomic E-state index is 0.132. The zero-order valence-electron chi connectivity index (χ0n) is 10.4. The normalized spacial score (nSPS) is 9.95. The summed E-state index contributed by atoms with van der Waals surface area (Å²) in [6.45, 7) is 0. The Bertz CT molecular complexity index is 594. The maximum absolute atomic E-state index is 12.0. The minimum Gasteiger partial charge on any atom is -0.507 e. The predicted molar refractivity (Wildman–Crippen MR) is 73.5 cm³/mol. The standard InChI is InChI=1S/C14H14N2O3/c1-19-11-6-7-12(13(17)8-11)14(18)16-10-4-2-9(15)3-5-10/h2-8,17H,15H2,1H3,(H,16,18). The highest BCUT2D eigenvalue weighted by Gasteiger charge is 2.12. The largest absolute Gasteiger partial charge is 0.507 e. The third-order valence-electron chi connectivity index (χ3n) is 2.62. The molecular weight excluding hydrogens is 244 g/mol. The van der Waals surface area contributed by atoms with Crippen molar-refractivity contribution in [3.63, 3.8) is 0 Å². The van der Waals surface area contributed by atoms with Crippen LogP contribution in [0.15, 0.2) is 42.5 Å². The molecule has 2 rings (SSSR count). The van der Waals surface area contributed by atoms with Gasteiger partial charge in [-0.2, -0.15) is 0 Å². The van der Waals surface area contributed by atoms with Crippen molar-refractivity contribution in [1.82, 2.24) is 0 Å². The number of amides is 1. The molecule has 0 aliphatic heterocycles. The molecule has 0 bridgehead atoms. The quantitative estimate of drug-likeness (QED) is 0.737. The van der Waals surface area contributed by atoms with Crippen molar-refractivity contribution < 1.29 is 14.6 Å². The Labute approximate surface area is 110 Å². The van der Waals surface area contributed by atoms with Crippen LogP contribution in [0.2, 0.25) is 0 Å². The van der Waals surface area contributed by atoms with E-state index >= 15 is 0 Å². The van der Waals surface area contributed by atoms with Gasteiger partial charge in [0.05, 0.1) is 12.7 Å². The summed E-state index contributed by atoms with van der Waals surface area (Å²) in [5.41, 5.74) is 6.96. The Hall–Kier alpha value is -2.69. The molecule has 0 aromatic heterocycles. The summed E-state index contributed by atoms with van der Waals surface area (Å²) in [5, 5.41) is 12.4. The molecule has 0 aliphatic rings. The van der Waals surface area contributed by atoms with Crippen molar-refractivity contribution in [2.75, 3.05) is 18.2 Å². The first kappa shape index (κ1) is 12.8. The number of carbonyl (C=O) groups is 1. The molecule has 5 nitrogen and oxygen atoms in total. The number of aromatic hydroxyl groups is 1. The van der Waals surface area contributed by atoms with Gasteiger partial charge < -0.3 is 20.9 Å². The average Bonchev–Trinajstić information content (AvgIpc) is 2.41. The Kier molecular flexibility index (Phi) is 3.56. The molecule has 0 aliphatic carbocycles. The van der Waals surface area contributed by atoms with Crippen molar-refractivity contribution in [3.8, 4) is 11.5 Å². The summed E-state index contributed by atoms with van der Waals surface area (Å²) < 4.78 is 4.96. The van der Waals surface area contributed by atoms with Gasteiger partial charge in [0, 0.05) is 17.4 Å². The van der Waals surface area contributed by atoms with E-state index in [1.807, 2.05) is 0 Å². The van der Waals surface area contributed by atoms with Gasteiger partial charge >= 0.3 is 0 Å². The lowest BCUT2D eigenvalue weighted by molar-refractivity contribution is 0.102. The fraction of sp³-hybridized carbons (Fsp3) is 0.0714. The maximum atomic E-state index is 12.0. The lowest BCUT2D eigenvalue weighted by atomic mass is 10.1. The van der Waals surface area contributed by atoms with Gasteiger partial charge in [0.2, 0.25) is 0 Å². The zero-order chi connectivity index (χ0) is 13.8. The molecule has 0 fully saturated rings. The van der Waals surface area contributed by atoms with E-state index in [0.29, 0.717) is 17.1 Å². The van der Waals surface area contributed by atoms with Crippen LogP contribution in [0.1, 0.15) is 10.4 Å². The number of rotatable bonds is 3. The Morgan fingerprint density at radius 1 is 1.21 bits per heavy atom. The summed E-state index contributed by atoms with van der Waals surface area (Å²) in [6, 6.07) is 11.2. The van der Waals surface area contributed by atoms with E-state index in [0.717, 1.165) is 0 Å². The molecule has 0 saturated carbocycles. The summed E-state index contributed by atoms with van der Waals surface area (Å²) in [7, 11) is 1.49. The second-order valence-electron chi connectivity index (χ2n) is 3.96. The topological polar surface area (TPSA) is 84.6 Å². The number of nitrogens with two attached hydrogens (primary N) is 1. The van der Waals surface area contributed by atoms with E-state index < -0.39 is 5.91 Å². The van der Waals surface area contributed by atoms with Gasteiger partial charge in [-0.25, -0.2) is 0 Å². The third kappa shape index (κ3) is 2.95. The van der Waals surface area contributed by atoms with E-state index in [1.54, 1.807) is 30.3 Å². The molecule has 0 heterocycles. The van der Waals surface area contributed by atoms with E-state index in [9.17, 15) is 9.90 Å². The van der Waals surface area contributed by atoms with E-state index in [-0.39, 0.29) is 11.3 Å². The monoisotopic (exact) mass is 258 g/mol. The first-order chi connectivity index (χ1) is 9.10. The highest BCUT2D eigenvalue weighted by Crippen LogP contribution is 2.24. The number of methoxy groups -OCH3 is 1. The number of nitrogen functional groups attached to an aromatic ring is 1. The smallest absolute Gasteiger partial charge is 0.259 e. The molecule has 19 heavy (non-hydrogen) atoms. The first-order valence-electron chi connectivity index (χ1n) is 5.64. The minimum atomic E-state index is -0.398. The first-order valence-corrected chi connectivity index (χ1v) is 5.64. The highest BCUT2D eigenvalue weighted by molar-refractivity contribution is 6.06. The van der Waals surface area contributed by atoms with E-state index in [1.165, 1.54) is 19.2 Å². The van der Waals surface area contributed by atoms with E-state index in [4.69, 9.17) is 10.5 Å². The molecule has 1 amide bonds. The van der Waals surface area contributed by atoms with Gasteiger partial charge in [0.1, 0.15) is 11.5 Å². The van der Waals surface area contributed by atoms with Crippen molar-refractivity contribution in [2.24, 2.45) is 0 Å². The predicted octanol–water partition coefficient (Wildman–Crippen LogP) is 2.24. The van der Waals surface area contributed by atoms with E-state index in [2.05, 4.69) is 5.32 Å². The van der Waals surface area contributed by atoms with Crippen molar-refractivity contribution >= 4 is 17.3 Å². The van der Waals surface area contributed by atoms with Crippen molar-refractivity contribution in [3.05, 3.63) is 48.0 Å². The van der Waals surface area contributed by atoms with Gasteiger partial charge in [0.15, 0.2) is 0 Å². The number of anilines is 2. The van der Waals surface area contributed by atoms with Crippen LogP contribution < -0.4 is 15.8 Å². The van der Waals surface area contributed by atoms with Crippen molar-refractivity contribution in [1.29, 1.82) is 0 Å². The molecule has 2 aromatic rings. The molecule has 0 spiro atoms. The molecule has 4 N–H and O–H groups in total. The maximum Gasteiger partial charge on any atom is 0.259 e. The van der Waals surface area contributed by atoms with Gasteiger partial charge in [-0.1, -0.05) is 0 Å². The van der Waals surface area contributed by atoms with Crippen LogP contribution in [0.5, 0.6) is 11.5 Å². The fourth-order valence-corrected chi connectivity index (χ4v) is 1.60. The van der Waals surface area contributed by atoms with Crippen LogP contribution in [0.3, 0.4) is 0 Å². The summed E-state index contributed by atoms with van der Waals surface area (Å²) >= 11 is 0. The van der Waals surface area contributed by atoms with Crippen LogP contribution in [0, 0.1) is 0 Å². The zero-order valence-corrected chi connectivity index (χ0v) is 10.4.